The monoisotopic (exact) mass is 353 g/mol. The van der Waals surface area contributed by atoms with Crippen LogP contribution in [0.1, 0.15) is 5.56 Å². The van der Waals surface area contributed by atoms with E-state index < -0.39 is 17.6 Å². The average Bonchev–Trinajstić information content (AvgIpc) is 2.91. The summed E-state index contributed by atoms with van der Waals surface area (Å²) in [6.07, 6.45) is -3.01. The van der Waals surface area contributed by atoms with Crippen molar-refractivity contribution >= 4 is 34.2 Å². The van der Waals surface area contributed by atoms with Gasteiger partial charge in [0.2, 0.25) is 5.91 Å². The molecule has 2 aromatic carbocycles. The summed E-state index contributed by atoms with van der Waals surface area (Å²) in [4.78, 5) is 16.3. The zero-order chi connectivity index (χ0) is 17.3. The number of anilines is 1. The Kier molecular flexibility index (Phi) is 4.19. The van der Waals surface area contributed by atoms with Gasteiger partial charge in [-0.3, -0.25) is 4.79 Å². The number of hydrogen-bond donors (Lipinski definition) is 1. The lowest BCUT2D eigenvalue weighted by atomic mass is 10.2. The number of fused-ring (bicyclic) bond motifs is 1. The first-order valence-corrected chi connectivity index (χ1v) is 7.29. The van der Waals surface area contributed by atoms with Gasteiger partial charge in [-0.05, 0) is 30.3 Å². The molecule has 3 rings (SSSR count). The average molecular weight is 354 g/mol. The van der Waals surface area contributed by atoms with Crippen LogP contribution in [0.25, 0.3) is 11.0 Å². The molecule has 0 fully saturated rings. The first-order chi connectivity index (χ1) is 11.3. The van der Waals surface area contributed by atoms with Crippen LogP contribution >= 0.6 is 11.6 Å². The van der Waals surface area contributed by atoms with E-state index in [2.05, 4.69) is 10.3 Å². The van der Waals surface area contributed by atoms with E-state index in [1.54, 1.807) is 16.7 Å². The lowest BCUT2D eigenvalue weighted by Gasteiger charge is -2.12. The van der Waals surface area contributed by atoms with Gasteiger partial charge in [0.05, 0.1) is 33.6 Å². The van der Waals surface area contributed by atoms with E-state index in [4.69, 9.17) is 11.6 Å². The summed E-state index contributed by atoms with van der Waals surface area (Å²) in [6, 6.07) is 10.0. The standard InChI is InChI=1S/C16H11ClF3N3O/c17-11-6-5-10(16(18,19)20)7-13(11)22-15(24)8-23-9-21-12-3-1-2-4-14(12)23/h1-7,9H,8H2,(H,22,24). The number of nitrogens with one attached hydrogen (secondary N) is 1. The van der Waals surface area contributed by atoms with E-state index in [9.17, 15) is 18.0 Å². The smallest absolute Gasteiger partial charge is 0.323 e. The highest BCUT2D eigenvalue weighted by atomic mass is 35.5. The molecule has 0 bridgehead atoms. The lowest BCUT2D eigenvalue weighted by Crippen LogP contribution is -2.19. The van der Waals surface area contributed by atoms with Crippen molar-refractivity contribution in [2.75, 3.05) is 5.32 Å². The molecular formula is C16H11ClF3N3O. The number of halogens is 4. The maximum Gasteiger partial charge on any atom is 0.416 e. The van der Waals surface area contributed by atoms with Crippen LogP contribution < -0.4 is 5.32 Å². The van der Waals surface area contributed by atoms with Gasteiger partial charge < -0.3 is 9.88 Å². The van der Waals surface area contributed by atoms with E-state index in [1.807, 2.05) is 12.1 Å². The molecule has 0 atom stereocenters. The number of para-hydroxylation sites is 2. The van der Waals surface area contributed by atoms with Crippen molar-refractivity contribution in [2.45, 2.75) is 12.7 Å². The van der Waals surface area contributed by atoms with Gasteiger partial charge in [-0.15, -0.1) is 0 Å². The van der Waals surface area contributed by atoms with Crippen LogP contribution in [-0.2, 0) is 17.5 Å². The van der Waals surface area contributed by atoms with Crippen molar-refractivity contribution in [3.05, 3.63) is 59.4 Å². The van der Waals surface area contributed by atoms with Gasteiger partial charge in [-0.2, -0.15) is 13.2 Å². The van der Waals surface area contributed by atoms with Crippen LogP contribution in [-0.4, -0.2) is 15.5 Å². The molecule has 1 amide bonds. The van der Waals surface area contributed by atoms with E-state index in [1.165, 1.54) is 6.33 Å². The Labute approximate surface area is 139 Å². The summed E-state index contributed by atoms with van der Waals surface area (Å²) in [5.41, 5.74) is 0.515. The van der Waals surface area contributed by atoms with Gasteiger partial charge in [0.1, 0.15) is 6.54 Å². The second-order valence-electron chi connectivity index (χ2n) is 5.10. The third-order valence-corrected chi connectivity index (χ3v) is 3.74. The van der Waals surface area contributed by atoms with Crippen molar-refractivity contribution in [1.29, 1.82) is 0 Å². The fourth-order valence-corrected chi connectivity index (χ4v) is 2.44. The number of nitrogens with zero attached hydrogens (tertiary/aromatic N) is 2. The molecule has 0 saturated heterocycles. The molecule has 4 nitrogen and oxygen atoms in total. The molecule has 1 N–H and O–H groups in total. The number of hydrogen-bond acceptors (Lipinski definition) is 2. The number of amides is 1. The lowest BCUT2D eigenvalue weighted by molar-refractivity contribution is -0.137. The molecule has 24 heavy (non-hydrogen) atoms. The zero-order valence-corrected chi connectivity index (χ0v) is 12.9. The van der Waals surface area contributed by atoms with Crippen molar-refractivity contribution in [3.63, 3.8) is 0 Å². The maximum atomic E-state index is 12.7. The van der Waals surface area contributed by atoms with Crippen molar-refractivity contribution in [2.24, 2.45) is 0 Å². The van der Waals surface area contributed by atoms with Gasteiger partial charge in [-0.25, -0.2) is 4.98 Å². The number of carbonyl (C=O) groups excluding carboxylic acids is 1. The summed E-state index contributed by atoms with van der Waals surface area (Å²) in [5, 5.41) is 2.44. The molecule has 1 heterocycles. The van der Waals surface area contributed by atoms with E-state index >= 15 is 0 Å². The number of alkyl halides is 3. The number of imidazole rings is 1. The van der Waals surface area contributed by atoms with Gasteiger partial charge in [0, 0.05) is 0 Å². The first-order valence-electron chi connectivity index (χ1n) is 6.91. The molecule has 1 aromatic heterocycles. The highest BCUT2D eigenvalue weighted by Gasteiger charge is 2.31. The van der Waals surface area contributed by atoms with Crippen LogP contribution in [0.4, 0.5) is 18.9 Å². The normalized spacial score (nSPS) is 11.7. The molecule has 0 aliphatic carbocycles. The molecule has 3 aromatic rings. The Hall–Kier alpha value is -2.54. The van der Waals surface area contributed by atoms with Crippen LogP contribution in [0.2, 0.25) is 5.02 Å². The Balaban J connectivity index is 1.80. The Morgan fingerprint density at radius 1 is 1.21 bits per heavy atom. The summed E-state index contributed by atoms with van der Waals surface area (Å²) in [6.45, 7) is -0.0902. The van der Waals surface area contributed by atoms with Gasteiger partial charge in [0.15, 0.2) is 0 Å². The highest BCUT2D eigenvalue weighted by molar-refractivity contribution is 6.33. The van der Waals surface area contributed by atoms with E-state index in [-0.39, 0.29) is 17.3 Å². The predicted molar refractivity (Wildman–Crippen MR) is 84.8 cm³/mol. The summed E-state index contributed by atoms with van der Waals surface area (Å²) < 4.78 is 39.8. The predicted octanol–water partition coefficient (Wildman–Crippen LogP) is 4.35. The van der Waals surface area contributed by atoms with Crippen LogP contribution in [0.5, 0.6) is 0 Å². The molecule has 0 saturated carbocycles. The van der Waals surface area contributed by atoms with E-state index in [0.29, 0.717) is 0 Å². The van der Waals surface area contributed by atoms with Crippen molar-refractivity contribution in [3.8, 4) is 0 Å². The van der Waals surface area contributed by atoms with Crippen LogP contribution in [0, 0.1) is 0 Å². The molecule has 0 unspecified atom stereocenters. The van der Waals surface area contributed by atoms with Crippen LogP contribution in [0.3, 0.4) is 0 Å². The molecule has 124 valence electrons. The Morgan fingerprint density at radius 2 is 1.96 bits per heavy atom. The third-order valence-electron chi connectivity index (χ3n) is 3.41. The number of aromatic nitrogens is 2. The van der Waals surface area contributed by atoms with E-state index in [0.717, 1.165) is 29.2 Å². The molecule has 0 radical (unpaired) electrons. The zero-order valence-electron chi connectivity index (χ0n) is 12.1. The minimum atomic E-state index is -4.51. The molecule has 0 aliphatic rings. The van der Waals surface area contributed by atoms with Gasteiger partial charge in [-0.1, -0.05) is 23.7 Å². The second kappa shape index (κ2) is 6.16. The van der Waals surface area contributed by atoms with Crippen molar-refractivity contribution < 1.29 is 18.0 Å². The fraction of sp³-hybridized carbons (Fsp3) is 0.125. The minimum Gasteiger partial charge on any atom is -0.323 e. The summed E-state index contributed by atoms with van der Waals surface area (Å²) in [7, 11) is 0. The summed E-state index contributed by atoms with van der Waals surface area (Å²) in [5.74, 6) is -0.501. The Bertz CT molecular complexity index is 905. The van der Waals surface area contributed by atoms with Crippen molar-refractivity contribution in [1.82, 2.24) is 9.55 Å². The largest absolute Gasteiger partial charge is 0.416 e. The number of benzene rings is 2. The molecule has 0 aliphatic heterocycles. The molecule has 0 spiro atoms. The maximum absolute atomic E-state index is 12.7. The third kappa shape index (κ3) is 3.35. The highest BCUT2D eigenvalue weighted by Crippen LogP contribution is 2.33. The van der Waals surface area contributed by atoms with Gasteiger partial charge >= 0.3 is 6.18 Å². The topological polar surface area (TPSA) is 46.9 Å². The first kappa shape index (κ1) is 16.3. The molecule has 8 heteroatoms. The number of rotatable bonds is 3. The second-order valence-corrected chi connectivity index (χ2v) is 5.51. The Morgan fingerprint density at radius 3 is 2.71 bits per heavy atom. The van der Waals surface area contributed by atoms with Gasteiger partial charge in [0.25, 0.3) is 0 Å². The van der Waals surface area contributed by atoms with Crippen LogP contribution in [0.15, 0.2) is 48.8 Å². The summed E-state index contributed by atoms with van der Waals surface area (Å²) >= 11 is 5.87. The fourth-order valence-electron chi connectivity index (χ4n) is 2.28. The SMILES string of the molecule is O=C(Cn1cnc2ccccc21)Nc1cc(C(F)(F)F)ccc1Cl. The minimum absolute atomic E-state index is 0.0341. The molecular weight excluding hydrogens is 343 g/mol. The number of carbonyl (C=O) groups is 1. The quantitative estimate of drug-likeness (QED) is 0.761.